The molecule has 0 bridgehead atoms. The number of carbonyl (C=O) groups excluding carboxylic acids is 1. The molecule has 2 aromatic heterocycles. The zero-order chi connectivity index (χ0) is 16.4. The Balaban J connectivity index is 2.82. The third-order valence-electron chi connectivity index (χ3n) is 3.75. The van der Waals surface area contributed by atoms with Crippen molar-refractivity contribution in [3.63, 3.8) is 0 Å². The van der Waals surface area contributed by atoms with E-state index in [-0.39, 0.29) is 28.5 Å². The lowest BCUT2D eigenvalue weighted by Crippen LogP contribution is -2.28. The highest BCUT2D eigenvalue weighted by atomic mass is 16.3. The van der Waals surface area contributed by atoms with Crippen molar-refractivity contribution in [3.8, 4) is 11.9 Å². The maximum absolute atomic E-state index is 12.5. The minimum atomic E-state index is -0.595. The highest BCUT2D eigenvalue weighted by molar-refractivity contribution is 6.09. The Hall–Kier alpha value is -2.81. The Labute approximate surface area is 127 Å². The number of aromatic hydroxyl groups is 1. The maximum Gasteiger partial charge on any atom is 0.271 e. The van der Waals surface area contributed by atoms with E-state index >= 15 is 0 Å². The van der Waals surface area contributed by atoms with E-state index in [4.69, 9.17) is 4.42 Å². The molecule has 6 heteroatoms. The van der Waals surface area contributed by atoms with Crippen LogP contribution in [0.1, 0.15) is 53.6 Å². The van der Waals surface area contributed by atoms with E-state index in [1.165, 1.54) is 19.3 Å². The van der Waals surface area contributed by atoms with E-state index in [0.717, 1.165) is 4.57 Å². The number of pyridine rings is 1. The molecule has 1 atom stereocenters. The minimum absolute atomic E-state index is 0.0386. The number of carbonyl (C=O) groups is 1. The first kappa shape index (κ1) is 15.6. The molecule has 0 aliphatic carbocycles. The van der Waals surface area contributed by atoms with Crippen molar-refractivity contribution < 1.29 is 14.3 Å². The lowest BCUT2D eigenvalue weighted by Gasteiger charge is -2.19. The first-order valence-electron chi connectivity index (χ1n) is 6.90. The third kappa shape index (κ3) is 2.31. The molecule has 1 unspecified atom stereocenters. The normalized spacial score (nSPS) is 11.9. The summed E-state index contributed by atoms with van der Waals surface area (Å²) in [4.78, 5) is 24.9. The Morgan fingerprint density at radius 2 is 2.23 bits per heavy atom. The number of aromatic nitrogens is 1. The lowest BCUT2D eigenvalue weighted by atomic mass is 10.00. The number of ketones is 1. The van der Waals surface area contributed by atoms with Gasteiger partial charge in [-0.15, -0.1) is 0 Å². The van der Waals surface area contributed by atoms with Gasteiger partial charge in [0.15, 0.2) is 5.76 Å². The van der Waals surface area contributed by atoms with Gasteiger partial charge >= 0.3 is 0 Å². The van der Waals surface area contributed by atoms with E-state index < -0.39 is 17.2 Å². The van der Waals surface area contributed by atoms with Gasteiger partial charge in [0.2, 0.25) is 11.7 Å². The van der Waals surface area contributed by atoms with Crippen molar-refractivity contribution >= 4 is 5.78 Å². The molecule has 0 amide bonds. The van der Waals surface area contributed by atoms with Crippen LogP contribution in [0.15, 0.2) is 27.6 Å². The number of furan rings is 1. The number of nitrogens with zero attached hydrogens (tertiary/aromatic N) is 2. The topological polar surface area (TPSA) is 96.2 Å². The maximum atomic E-state index is 12.5. The standard InChI is InChI=1S/C16H16N2O4/c1-4-9(2)18-15(20)11(8-17)10(3)13(16(18)21)14(19)12-6-5-7-22-12/h5-7,9,21H,4H2,1-3H3. The predicted molar refractivity (Wildman–Crippen MR) is 79.0 cm³/mol. The van der Waals surface area contributed by atoms with Crippen molar-refractivity contribution in [2.75, 3.05) is 0 Å². The van der Waals surface area contributed by atoms with Gasteiger partial charge in [0.1, 0.15) is 11.6 Å². The van der Waals surface area contributed by atoms with Crippen LogP contribution in [-0.2, 0) is 0 Å². The molecule has 22 heavy (non-hydrogen) atoms. The van der Waals surface area contributed by atoms with Gasteiger partial charge in [-0.2, -0.15) is 5.26 Å². The first-order chi connectivity index (χ1) is 10.4. The highest BCUT2D eigenvalue weighted by Gasteiger charge is 2.27. The second-order valence-corrected chi connectivity index (χ2v) is 5.05. The van der Waals surface area contributed by atoms with Crippen LogP contribution in [0.5, 0.6) is 5.88 Å². The molecule has 0 spiro atoms. The number of rotatable bonds is 4. The molecular formula is C16H16N2O4. The SMILES string of the molecule is CCC(C)n1c(O)c(C(=O)c2ccco2)c(C)c(C#N)c1=O. The van der Waals surface area contributed by atoms with Crippen LogP contribution >= 0.6 is 0 Å². The molecule has 0 fully saturated rings. The van der Waals surface area contributed by atoms with E-state index in [2.05, 4.69) is 0 Å². The van der Waals surface area contributed by atoms with E-state index in [9.17, 15) is 20.0 Å². The van der Waals surface area contributed by atoms with Crippen LogP contribution < -0.4 is 5.56 Å². The molecule has 0 saturated heterocycles. The van der Waals surface area contributed by atoms with Crippen molar-refractivity contribution in [1.29, 1.82) is 5.26 Å². The van der Waals surface area contributed by atoms with Crippen molar-refractivity contribution in [1.82, 2.24) is 4.57 Å². The van der Waals surface area contributed by atoms with Crippen LogP contribution in [0.2, 0.25) is 0 Å². The quantitative estimate of drug-likeness (QED) is 0.875. The van der Waals surface area contributed by atoms with Crippen LogP contribution in [0.4, 0.5) is 0 Å². The Morgan fingerprint density at radius 1 is 1.55 bits per heavy atom. The zero-order valence-electron chi connectivity index (χ0n) is 12.6. The summed E-state index contributed by atoms with van der Waals surface area (Å²) in [7, 11) is 0. The fourth-order valence-electron chi connectivity index (χ4n) is 2.32. The molecule has 2 aromatic rings. The first-order valence-corrected chi connectivity index (χ1v) is 6.90. The summed E-state index contributed by atoms with van der Waals surface area (Å²) < 4.78 is 6.14. The molecule has 0 aliphatic heterocycles. The van der Waals surface area contributed by atoms with Gasteiger partial charge in [-0.05, 0) is 38.0 Å². The molecule has 0 aliphatic rings. The number of hydrogen-bond acceptors (Lipinski definition) is 5. The lowest BCUT2D eigenvalue weighted by molar-refractivity contribution is 0.100. The average Bonchev–Trinajstić information content (AvgIpc) is 3.01. The molecule has 1 N–H and O–H groups in total. The van der Waals surface area contributed by atoms with Gasteiger partial charge in [-0.1, -0.05) is 6.92 Å². The molecular weight excluding hydrogens is 284 g/mol. The van der Waals surface area contributed by atoms with Crippen molar-refractivity contribution in [3.05, 3.63) is 51.2 Å². The monoisotopic (exact) mass is 300 g/mol. The fraction of sp³-hybridized carbons (Fsp3) is 0.312. The summed E-state index contributed by atoms with van der Waals surface area (Å²) in [6.07, 6.45) is 1.91. The highest BCUT2D eigenvalue weighted by Crippen LogP contribution is 2.27. The predicted octanol–water partition coefficient (Wildman–Crippen LogP) is 2.53. The summed E-state index contributed by atoms with van der Waals surface area (Å²) >= 11 is 0. The number of nitriles is 1. The zero-order valence-corrected chi connectivity index (χ0v) is 12.6. The second-order valence-electron chi connectivity index (χ2n) is 5.05. The molecule has 0 aromatic carbocycles. The Kier molecular flexibility index (Phi) is 4.18. The molecule has 2 rings (SSSR count). The Morgan fingerprint density at radius 3 is 2.73 bits per heavy atom. The third-order valence-corrected chi connectivity index (χ3v) is 3.75. The summed E-state index contributed by atoms with van der Waals surface area (Å²) in [5.74, 6) is -0.956. The fourth-order valence-corrected chi connectivity index (χ4v) is 2.32. The molecule has 0 saturated carbocycles. The molecule has 114 valence electrons. The second kappa shape index (κ2) is 5.90. The largest absolute Gasteiger partial charge is 0.494 e. The van der Waals surface area contributed by atoms with Gasteiger partial charge in [0.05, 0.1) is 11.8 Å². The Bertz CT molecular complexity index is 810. The molecule has 2 heterocycles. The van der Waals surface area contributed by atoms with Crippen LogP contribution in [0, 0.1) is 18.3 Å². The average molecular weight is 300 g/mol. The molecule has 0 radical (unpaired) electrons. The van der Waals surface area contributed by atoms with Crippen LogP contribution in [-0.4, -0.2) is 15.5 Å². The van der Waals surface area contributed by atoms with Gasteiger partial charge in [-0.3, -0.25) is 14.2 Å². The molecule has 6 nitrogen and oxygen atoms in total. The summed E-state index contributed by atoms with van der Waals surface area (Å²) in [6, 6.07) is 4.49. The van der Waals surface area contributed by atoms with Gasteiger partial charge in [-0.25, -0.2) is 0 Å². The summed E-state index contributed by atoms with van der Waals surface area (Å²) in [6.45, 7) is 5.05. The van der Waals surface area contributed by atoms with E-state index in [1.807, 2.05) is 13.0 Å². The van der Waals surface area contributed by atoms with E-state index in [1.54, 1.807) is 13.0 Å². The minimum Gasteiger partial charge on any atom is -0.494 e. The van der Waals surface area contributed by atoms with Gasteiger partial charge in [0, 0.05) is 6.04 Å². The summed E-state index contributed by atoms with van der Waals surface area (Å²) in [5, 5.41) is 19.7. The van der Waals surface area contributed by atoms with Gasteiger partial charge < -0.3 is 9.52 Å². The smallest absolute Gasteiger partial charge is 0.271 e. The van der Waals surface area contributed by atoms with Gasteiger partial charge in [0.25, 0.3) is 5.56 Å². The van der Waals surface area contributed by atoms with Crippen molar-refractivity contribution in [2.45, 2.75) is 33.2 Å². The van der Waals surface area contributed by atoms with Crippen LogP contribution in [0.3, 0.4) is 0 Å². The summed E-state index contributed by atoms with van der Waals surface area (Å²) in [5.41, 5.74) is -0.659. The van der Waals surface area contributed by atoms with Crippen LogP contribution in [0.25, 0.3) is 0 Å². The number of hydrogen-bond donors (Lipinski definition) is 1. The van der Waals surface area contributed by atoms with Crippen molar-refractivity contribution in [2.24, 2.45) is 0 Å². The van der Waals surface area contributed by atoms with E-state index in [0.29, 0.717) is 6.42 Å².